The molecule has 1 aromatic heterocycles. The van der Waals surface area contributed by atoms with Gasteiger partial charge in [-0.1, -0.05) is 0 Å². The van der Waals surface area contributed by atoms with E-state index in [1.807, 2.05) is 0 Å². The standard InChI is InChI=1S/C17H17NO5/c19-14(4-6-17(20)18-11-13-2-1-7-21-13)12-3-5-15-16(10-12)23-9-8-22-15/h1-3,5,7,10H,4,6,8-9,11H2,(H,18,20). The second-order valence-electron chi connectivity index (χ2n) is 5.14. The molecule has 23 heavy (non-hydrogen) atoms. The Labute approximate surface area is 133 Å². The van der Waals surface area contributed by atoms with Crippen LogP contribution in [0, 0.1) is 0 Å². The van der Waals surface area contributed by atoms with Gasteiger partial charge in [-0.2, -0.15) is 0 Å². The highest BCUT2D eigenvalue weighted by Gasteiger charge is 2.15. The number of carbonyl (C=O) groups is 2. The third-order valence-corrected chi connectivity index (χ3v) is 3.48. The minimum absolute atomic E-state index is 0.102. The van der Waals surface area contributed by atoms with Crippen LogP contribution in [0.5, 0.6) is 11.5 Å². The summed E-state index contributed by atoms with van der Waals surface area (Å²) in [4.78, 5) is 23.9. The average molecular weight is 315 g/mol. The number of hydrogen-bond acceptors (Lipinski definition) is 5. The smallest absolute Gasteiger partial charge is 0.220 e. The van der Waals surface area contributed by atoms with Gasteiger partial charge in [-0.05, 0) is 30.3 Å². The second kappa shape index (κ2) is 7.00. The Morgan fingerprint density at radius 1 is 1.04 bits per heavy atom. The minimum Gasteiger partial charge on any atom is -0.486 e. The van der Waals surface area contributed by atoms with Gasteiger partial charge in [0.05, 0.1) is 12.8 Å². The van der Waals surface area contributed by atoms with E-state index >= 15 is 0 Å². The first-order chi connectivity index (χ1) is 11.2. The molecule has 0 bridgehead atoms. The zero-order valence-electron chi connectivity index (χ0n) is 12.5. The van der Waals surface area contributed by atoms with Crippen LogP contribution < -0.4 is 14.8 Å². The predicted octanol–water partition coefficient (Wildman–Crippen LogP) is 2.33. The molecular weight excluding hydrogens is 298 g/mol. The fourth-order valence-corrected chi connectivity index (χ4v) is 2.28. The predicted molar refractivity (Wildman–Crippen MR) is 81.6 cm³/mol. The summed E-state index contributed by atoms with van der Waals surface area (Å²) in [7, 11) is 0. The summed E-state index contributed by atoms with van der Waals surface area (Å²) in [5.74, 6) is 1.60. The Morgan fingerprint density at radius 2 is 1.87 bits per heavy atom. The van der Waals surface area contributed by atoms with Gasteiger partial charge in [0.1, 0.15) is 19.0 Å². The lowest BCUT2D eigenvalue weighted by molar-refractivity contribution is -0.121. The third-order valence-electron chi connectivity index (χ3n) is 3.48. The van der Waals surface area contributed by atoms with Crippen LogP contribution in [0.2, 0.25) is 0 Å². The highest BCUT2D eigenvalue weighted by Crippen LogP contribution is 2.31. The van der Waals surface area contributed by atoms with Crippen molar-refractivity contribution in [2.45, 2.75) is 19.4 Å². The van der Waals surface area contributed by atoms with Crippen LogP contribution >= 0.6 is 0 Å². The Hall–Kier alpha value is -2.76. The van der Waals surface area contributed by atoms with Crippen molar-refractivity contribution in [3.05, 3.63) is 47.9 Å². The topological polar surface area (TPSA) is 77.8 Å². The van der Waals surface area contributed by atoms with Crippen LogP contribution in [-0.2, 0) is 11.3 Å². The van der Waals surface area contributed by atoms with E-state index in [4.69, 9.17) is 13.9 Å². The van der Waals surface area contributed by atoms with E-state index in [-0.39, 0.29) is 24.5 Å². The molecule has 0 saturated heterocycles. The lowest BCUT2D eigenvalue weighted by atomic mass is 10.1. The molecule has 1 aliphatic rings. The van der Waals surface area contributed by atoms with Crippen molar-refractivity contribution < 1.29 is 23.5 Å². The summed E-state index contributed by atoms with van der Waals surface area (Å²) in [5.41, 5.74) is 0.521. The van der Waals surface area contributed by atoms with Crippen LogP contribution in [0.3, 0.4) is 0 Å². The monoisotopic (exact) mass is 315 g/mol. The van der Waals surface area contributed by atoms with Gasteiger partial charge in [-0.3, -0.25) is 9.59 Å². The molecule has 6 heteroatoms. The zero-order valence-corrected chi connectivity index (χ0v) is 12.5. The van der Waals surface area contributed by atoms with Crippen LogP contribution in [-0.4, -0.2) is 24.9 Å². The summed E-state index contributed by atoms with van der Waals surface area (Å²) >= 11 is 0. The van der Waals surface area contributed by atoms with Gasteiger partial charge in [0.25, 0.3) is 0 Å². The Morgan fingerprint density at radius 3 is 2.65 bits per heavy atom. The number of carbonyl (C=O) groups excluding carboxylic acids is 2. The first-order valence-corrected chi connectivity index (χ1v) is 7.44. The number of nitrogens with one attached hydrogen (secondary N) is 1. The fraction of sp³-hybridized carbons (Fsp3) is 0.294. The first-order valence-electron chi connectivity index (χ1n) is 7.44. The molecule has 120 valence electrons. The molecule has 0 aliphatic carbocycles. The van der Waals surface area contributed by atoms with Crippen molar-refractivity contribution in [2.75, 3.05) is 13.2 Å². The van der Waals surface area contributed by atoms with Crippen molar-refractivity contribution in [3.63, 3.8) is 0 Å². The second-order valence-corrected chi connectivity index (χ2v) is 5.14. The molecule has 1 N–H and O–H groups in total. The molecular formula is C17H17NO5. The van der Waals surface area contributed by atoms with Gasteiger partial charge < -0.3 is 19.2 Å². The Kier molecular flexibility index (Phi) is 4.61. The number of rotatable bonds is 6. The fourth-order valence-electron chi connectivity index (χ4n) is 2.28. The Balaban J connectivity index is 1.50. The number of fused-ring (bicyclic) bond motifs is 1. The van der Waals surface area contributed by atoms with Gasteiger partial charge in [0, 0.05) is 18.4 Å². The molecule has 1 aliphatic heterocycles. The molecule has 1 amide bonds. The minimum atomic E-state index is -0.188. The lowest BCUT2D eigenvalue weighted by Gasteiger charge is -2.18. The van der Waals surface area contributed by atoms with Gasteiger partial charge in [-0.25, -0.2) is 0 Å². The molecule has 2 heterocycles. The molecule has 2 aromatic rings. The van der Waals surface area contributed by atoms with Gasteiger partial charge in [0.15, 0.2) is 17.3 Å². The van der Waals surface area contributed by atoms with Gasteiger partial charge in [-0.15, -0.1) is 0 Å². The molecule has 0 radical (unpaired) electrons. The summed E-state index contributed by atoms with van der Waals surface area (Å²) in [6.07, 6.45) is 1.82. The van der Waals surface area contributed by atoms with E-state index < -0.39 is 0 Å². The van der Waals surface area contributed by atoms with Crippen LogP contribution in [0.1, 0.15) is 29.0 Å². The summed E-state index contributed by atoms with van der Waals surface area (Å²) < 4.78 is 16.0. The number of Topliss-reactive ketones (excluding diaryl/α,β-unsaturated/α-hetero) is 1. The molecule has 0 spiro atoms. The maximum Gasteiger partial charge on any atom is 0.220 e. The van der Waals surface area contributed by atoms with E-state index in [2.05, 4.69) is 5.32 Å². The van der Waals surface area contributed by atoms with Crippen molar-refractivity contribution in [1.82, 2.24) is 5.32 Å². The molecule has 6 nitrogen and oxygen atoms in total. The van der Waals surface area contributed by atoms with E-state index in [9.17, 15) is 9.59 Å². The number of benzene rings is 1. The van der Waals surface area contributed by atoms with Crippen molar-refractivity contribution in [1.29, 1.82) is 0 Å². The summed E-state index contributed by atoms with van der Waals surface area (Å²) in [6, 6.07) is 8.61. The highest BCUT2D eigenvalue weighted by atomic mass is 16.6. The molecule has 0 atom stereocenters. The van der Waals surface area contributed by atoms with Crippen molar-refractivity contribution in [3.8, 4) is 11.5 Å². The van der Waals surface area contributed by atoms with E-state index in [0.717, 1.165) is 0 Å². The van der Waals surface area contributed by atoms with Crippen molar-refractivity contribution >= 4 is 11.7 Å². The molecule has 0 saturated carbocycles. The molecule has 1 aromatic carbocycles. The number of amides is 1. The largest absolute Gasteiger partial charge is 0.486 e. The SMILES string of the molecule is O=C(CCC(=O)c1ccc2c(c1)OCCO2)NCc1ccco1. The third kappa shape index (κ3) is 3.91. The van der Waals surface area contributed by atoms with E-state index in [1.54, 1.807) is 36.6 Å². The van der Waals surface area contributed by atoms with Crippen molar-refractivity contribution in [2.24, 2.45) is 0 Å². The van der Waals surface area contributed by atoms with Crippen LogP contribution in [0.15, 0.2) is 41.0 Å². The number of ketones is 1. The summed E-state index contributed by atoms with van der Waals surface area (Å²) in [6.45, 7) is 1.31. The first kappa shape index (κ1) is 15.1. The van der Waals surface area contributed by atoms with E-state index in [1.165, 1.54) is 0 Å². The summed E-state index contributed by atoms with van der Waals surface area (Å²) in [5, 5.41) is 2.71. The van der Waals surface area contributed by atoms with Gasteiger partial charge in [0.2, 0.25) is 5.91 Å². The van der Waals surface area contributed by atoms with E-state index in [0.29, 0.717) is 42.6 Å². The zero-order chi connectivity index (χ0) is 16.1. The number of ether oxygens (including phenoxy) is 2. The average Bonchev–Trinajstić information content (AvgIpc) is 3.11. The highest BCUT2D eigenvalue weighted by molar-refractivity contribution is 5.98. The van der Waals surface area contributed by atoms with Crippen LogP contribution in [0.4, 0.5) is 0 Å². The van der Waals surface area contributed by atoms with Crippen LogP contribution in [0.25, 0.3) is 0 Å². The molecule has 0 unspecified atom stereocenters. The van der Waals surface area contributed by atoms with Gasteiger partial charge >= 0.3 is 0 Å². The quantitative estimate of drug-likeness (QED) is 0.828. The maximum absolute atomic E-state index is 12.2. The number of hydrogen-bond donors (Lipinski definition) is 1. The lowest BCUT2D eigenvalue weighted by Crippen LogP contribution is -2.23. The number of furan rings is 1. The maximum atomic E-state index is 12.2. The normalized spacial score (nSPS) is 12.7. The Bertz CT molecular complexity index is 693. The molecule has 3 rings (SSSR count). The molecule has 0 fully saturated rings.